The molecule has 18 heavy (non-hydrogen) atoms. The number of rotatable bonds is 7. The number of hydrogen-bond acceptors (Lipinski definition) is 4. The zero-order valence-corrected chi connectivity index (χ0v) is 13.1. The van der Waals surface area contributed by atoms with Crippen LogP contribution in [0.15, 0.2) is 22.9 Å². The maximum absolute atomic E-state index is 10.8. The molecule has 1 aromatic heterocycles. The molecule has 0 aliphatic carbocycles. The van der Waals surface area contributed by atoms with Crippen LogP contribution in [-0.2, 0) is 9.05 Å². The molecule has 0 spiro atoms. The van der Waals surface area contributed by atoms with E-state index in [1.165, 1.54) is 0 Å². The Bertz CT molecular complexity index is 481. The van der Waals surface area contributed by atoms with Crippen LogP contribution in [-0.4, -0.2) is 25.8 Å². The molecule has 1 unspecified atom stereocenters. The van der Waals surface area contributed by atoms with E-state index >= 15 is 0 Å². The smallest absolute Gasteiger partial charge is 0.232 e. The van der Waals surface area contributed by atoms with Gasteiger partial charge in [-0.25, -0.2) is 8.42 Å². The Morgan fingerprint density at radius 3 is 2.78 bits per heavy atom. The minimum Gasteiger partial charge on any atom is -0.492 e. The molecule has 102 valence electrons. The largest absolute Gasteiger partial charge is 0.492 e. The zero-order chi connectivity index (χ0) is 13.6. The average Bonchev–Trinajstić information content (AvgIpc) is 2.25. The predicted molar refractivity (Wildman–Crippen MR) is 75.5 cm³/mol. The molecule has 1 heterocycles. The van der Waals surface area contributed by atoms with Gasteiger partial charge >= 0.3 is 0 Å². The van der Waals surface area contributed by atoms with Crippen molar-refractivity contribution in [2.45, 2.75) is 19.8 Å². The standard InChI is InChI=1S/C11H15BrClNO3S/c1-9(3-5-18(13,15)16)2-4-17-11-6-10(12)7-14-8-11/h6-9H,2-5H2,1H3. The number of hydrogen-bond donors (Lipinski definition) is 0. The Hall–Kier alpha value is -0.330. The van der Waals surface area contributed by atoms with Crippen LogP contribution in [0.25, 0.3) is 0 Å². The van der Waals surface area contributed by atoms with Gasteiger partial charge in [0.2, 0.25) is 9.05 Å². The molecular formula is C11H15BrClNO3S. The Kier molecular flexibility index (Phi) is 6.38. The number of halogens is 2. The third-order valence-corrected chi connectivity index (χ3v) is 4.03. The number of ether oxygens (including phenoxy) is 1. The Morgan fingerprint density at radius 1 is 1.44 bits per heavy atom. The second kappa shape index (κ2) is 7.31. The average molecular weight is 357 g/mol. The quantitative estimate of drug-likeness (QED) is 0.704. The van der Waals surface area contributed by atoms with Gasteiger partial charge in [0.05, 0.1) is 18.6 Å². The molecule has 7 heteroatoms. The first-order chi connectivity index (χ1) is 8.37. The monoisotopic (exact) mass is 355 g/mol. The lowest BCUT2D eigenvalue weighted by molar-refractivity contribution is 0.281. The molecule has 0 aliphatic heterocycles. The summed E-state index contributed by atoms with van der Waals surface area (Å²) in [5.74, 6) is 0.953. The van der Waals surface area contributed by atoms with Gasteiger partial charge in [-0.2, -0.15) is 0 Å². The van der Waals surface area contributed by atoms with Crippen molar-refractivity contribution in [2.24, 2.45) is 5.92 Å². The molecule has 0 saturated carbocycles. The Morgan fingerprint density at radius 2 is 2.17 bits per heavy atom. The van der Waals surface area contributed by atoms with Gasteiger partial charge in [0.15, 0.2) is 0 Å². The van der Waals surface area contributed by atoms with Crippen molar-refractivity contribution in [3.8, 4) is 5.75 Å². The van der Waals surface area contributed by atoms with Gasteiger partial charge in [0.25, 0.3) is 0 Å². The van der Waals surface area contributed by atoms with E-state index in [2.05, 4.69) is 20.9 Å². The Balaban J connectivity index is 2.25. The minimum atomic E-state index is -3.39. The van der Waals surface area contributed by atoms with Gasteiger partial charge in [-0.15, -0.1) is 0 Å². The first kappa shape index (κ1) is 15.7. The van der Waals surface area contributed by atoms with E-state index < -0.39 is 9.05 Å². The number of aromatic nitrogens is 1. The van der Waals surface area contributed by atoms with E-state index in [1.807, 2.05) is 13.0 Å². The van der Waals surface area contributed by atoms with Gasteiger partial charge in [0, 0.05) is 21.4 Å². The van der Waals surface area contributed by atoms with Crippen molar-refractivity contribution in [2.75, 3.05) is 12.4 Å². The molecule has 0 saturated heterocycles. The highest BCUT2D eigenvalue weighted by Crippen LogP contribution is 2.17. The second-order valence-corrected chi connectivity index (χ2v) is 7.92. The molecule has 0 aliphatic rings. The predicted octanol–water partition coefficient (Wildman–Crippen LogP) is 3.21. The van der Waals surface area contributed by atoms with Gasteiger partial charge in [-0.1, -0.05) is 6.92 Å². The van der Waals surface area contributed by atoms with Crippen molar-refractivity contribution in [3.63, 3.8) is 0 Å². The normalized spacial score (nSPS) is 13.3. The summed E-state index contributed by atoms with van der Waals surface area (Å²) in [6, 6.07) is 1.83. The fourth-order valence-corrected chi connectivity index (χ4v) is 2.63. The fourth-order valence-electron chi connectivity index (χ4n) is 1.34. The van der Waals surface area contributed by atoms with E-state index in [9.17, 15) is 8.42 Å². The lowest BCUT2D eigenvalue weighted by atomic mass is 10.1. The second-order valence-electron chi connectivity index (χ2n) is 4.11. The summed E-state index contributed by atoms with van der Waals surface area (Å²) in [4.78, 5) is 3.98. The van der Waals surface area contributed by atoms with E-state index in [1.54, 1.807) is 12.4 Å². The molecule has 1 aromatic rings. The summed E-state index contributed by atoms with van der Waals surface area (Å²) < 4.78 is 28.0. The van der Waals surface area contributed by atoms with Crippen LogP contribution in [0.3, 0.4) is 0 Å². The van der Waals surface area contributed by atoms with Gasteiger partial charge in [-0.05, 0) is 40.8 Å². The van der Waals surface area contributed by atoms with Gasteiger partial charge in [0.1, 0.15) is 5.75 Å². The van der Waals surface area contributed by atoms with Crippen LogP contribution in [0.4, 0.5) is 0 Å². The van der Waals surface area contributed by atoms with Crippen LogP contribution < -0.4 is 4.74 Å². The van der Waals surface area contributed by atoms with Crippen LogP contribution in [0.1, 0.15) is 19.8 Å². The highest BCUT2D eigenvalue weighted by molar-refractivity contribution is 9.10. The molecule has 0 N–H and O–H groups in total. The zero-order valence-electron chi connectivity index (χ0n) is 9.97. The molecule has 1 atom stereocenters. The summed E-state index contributed by atoms with van der Waals surface area (Å²) >= 11 is 3.31. The number of pyridine rings is 1. The fraction of sp³-hybridized carbons (Fsp3) is 0.545. The summed E-state index contributed by atoms with van der Waals surface area (Å²) in [6.45, 7) is 2.51. The van der Waals surface area contributed by atoms with Crippen LogP contribution in [0.2, 0.25) is 0 Å². The highest BCUT2D eigenvalue weighted by Gasteiger charge is 2.09. The SMILES string of the molecule is CC(CCOc1cncc(Br)c1)CCS(=O)(=O)Cl. The molecule has 0 fully saturated rings. The molecular weight excluding hydrogens is 342 g/mol. The molecule has 0 radical (unpaired) electrons. The minimum absolute atomic E-state index is 0.00810. The van der Waals surface area contributed by atoms with E-state index in [0.717, 1.165) is 10.9 Å². The first-order valence-electron chi connectivity index (χ1n) is 5.52. The third-order valence-electron chi connectivity index (χ3n) is 2.41. The Labute approximate surface area is 120 Å². The summed E-state index contributed by atoms with van der Waals surface area (Å²) in [5.41, 5.74) is 0. The van der Waals surface area contributed by atoms with Crippen LogP contribution >= 0.6 is 26.6 Å². The van der Waals surface area contributed by atoms with Crippen LogP contribution in [0, 0.1) is 5.92 Å². The van der Waals surface area contributed by atoms with Crippen molar-refractivity contribution < 1.29 is 13.2 Å². The summed E-state index contributed by atoms with van der Waals surface area (Å²) in [6.07, 6.45) is 4.64. The van der Waals surface area contributed by atoms with Crippen molar-refractivity contribution >= 4 is 35.7 Å². The third kappa shape index (κ3) is 7.18. The van der Waals surface area contributed by atoms with Crippen molar-refractivity contribution in [1.82, 2.24) is 4.98 Å². The lowest BCUT2D eigenvalue weighted by Crippen LogP contribution is -2.08. The summed E-state index contributed by atoms with van der Waals surface area (Å²) in [7, 11) is 1.77. The molecule has 0 amide bonds. The molecule has 1 rings (SSSR count). The maximum Gasteiger partial charge on any atom is 0.232 e. The molecule has 4 nitrogen and oxygen atoms in total. The highest BCUT2D eigenvalue weighted by atomic mass is 79.9. The summed E-state index contributed by atoms with van der Waals surface area (Å²) in [5, 5.41) is 0. The van der Waals surface area contributed by atoms with Gasteiger partial charge < -0.3 is 4.74 Å². The van der Waals surface area contributed by atoms with Crippen molar-refractivity contribution in [3.05, 3.63) is 22.9 Å². The van der Waals surface area contributed by atoms with Crippen molar-refractivity contribution in [1.29, 1.82) is 0 Å². The lowest BCUT2D eigenvalue weighted by Gasteiger charge is -2.11. The first-order valence-corrected chi connectivity index (χ1v) is 8.79. The van der Waals surface area contributed by atoms with Gasteiger partial charge in [-0.3, -0.25) is 4.98 Å². The van der Waals surface area contributed by atoms with E-state index in [4.69, 9.17) is 15.4 Å². The maximum atomic E-state index is 10.8. The van der Waals surface area contributed by atoms with E-state index in [0.29, 0.717) is 18.8 Å². The molecule has 0 aromatic carbocycles. The van der Waals surface area contributed by atoms with Crippen LogP contribution in [0.5, 0.6) is 5.75 Å². The van der Waals surface area contributed by atoms with E-state index in [-0.39, 0.29) is 11.7 Å². The number of nitrogens with zero attached hydrogens (tertiary/aromatic N) is 1. The topological polar surface area (TPSA) is 56.3 Å². The molecule has 0 bridgehead atoms.